The lowest BCUT2D eigenvalue weighted by Crippen LogP contribution is -2.38. The summed E-state index contributed by atoms with van der Waals surface area (Å²) in [6.07, 6.45) is 4.22. The predicted octanol–water partition coefficient (Wildman–Crippen LogP) is 2.87. The third-order valence-corrected chi connectivity index (χ3v) is 4.39. The highest BCUT2D eigenvalue weighted by Gasteiger charge is 2.23. The van der Waals surface area contributed by atoms with Crippen LogP contribution < -0.4 is 0 Å². The van der Waals surface area contributed by atoms with Gasteiger partial charge in [0.1, 0.15) is 0 Å². The molecule has 0 unspecified atom stereocenters. The molecule has 0 radical (unpaired) electrons. The van der Waals surface area contributed by atoms with E-state index in [1.807, 2.05) is 11.3 Å². The van der Waals surface area contributed by atoms with Crippen LogP contribution in [0.5, 0.6) is 0 Å². The third-order valence-electron chi connectivity index (χ3n) is 3.53. The van der Waals surface area contributed by atoms with Crippen molar-refractivity contribution in [1.82, 2.24) is 4.90 Å². The molecule has 3 heteroatoms. The minimum absolute atomic E-state index is 0.0447. The first kappa shape index (κ1) is 12.1. The van der Waals surface area contributed by atoms with Crippen molar-refractivity contribution in [3.63, 3.8) is 0 Å². The molecule has 1 saturated carbocycles. The minimum Gasteiger partial charge on any atom is -0.393 e. The van der Waals surface area contributed by atoms with Gasteiger partial charge in [-0.15, -0.1) is 11.3 Å². The van der Waals surface area contributed by atoms with Crippen LogP contribution in [-0.2, 0) is 6.54 Å². The van der Waals surface area contributed by atoms with Crippen molar-refractivity contribution in [3.05, 3.63) is 22.4 Å². The monoisotopic (exact) mass is 239 g/mol. The molecule has 16 heavy (non-hydrogen) atoms. The zero-order valence-corrected chi connectivity index (χ0v) is 10.7. The maximum Gasteiger partial charge on any atom is 0.0541 e. The molecule has 0 atom stereocenters. The molecule has 1 fully saturated rings. The second kappa shape index (κ2) is 5.80. The molecule has 1 aliphatic carbocycles. The molecular weight excluding hydrogens is 218 g/mol. The summed E-state index contributed by atoms with van der Waals surface area (Å²) in [6.45, 7) is 4.42. The molecule has 0 aliphatic heterocycles. The van der Waals surface area contributed by atoms with Gasteiger partial charge in [0.25, 0.3) is 0 Å². The van der Waals surface area contributed by atoms with Gasteiger partial charge in [0.15, 0.2) is 0 Å². The Balaban J connectivity index is 1.89. The summed E-state index contributed by atoms with van der Waals surface area (Å²) in [5.74, 6) is 0. The predicted molar refractivity (Wildman–Crippen MR) is 68.7 cm³/mol. The lowest BCUT2D eigenvalue weighted by atomic mass is 9.92. The van der Waals surface area contributed by atoms with E-state index in [-0.39, 0.29) is 6.10 Å². The highest BCUT2D eigenvalue weighted by molar-refractivity contribution is 7.09. The molecule has 1 aromatic rings. The number of rotatable bonds is 4. The van der Waals surface area contributed by atoms with Crippen LogP contribution >= 0.6 is 11.3 Å². The molecule has 0 aromatic carbocycles. The van der Waals surface area contributed by atoms with Crippen molar-refractivity contribution in [2.24, 2.45) is 0 Å². The quantitative estimate of drug-likeness (QED) is 0.873. The van der Waals surface area contributed by atoms with E-state index in [9.17, 15) is 5.11 Å². The molecule has 90 valence electrons. The minimum atomic E-state index is -0.0447. The van der Waals surface area contributed by atoms with E-state index in [1.54, 1.807) is 0 Å². The van der Waals surface area contributed by atoms with Crippen LogP contribution in [0.4, 0.5) is 0 Å². The van der Waals surface area contributed by atoms with Crippen LogP contribution in [-0.4, -0.2) is 28.7 Å². The van der Waals surface area contributed by atoms with Crippen LogP contribution in [0.15, 0.2) is 17.5 Å². The number of nitrogens with zero attached hydrogens (tertiary/aromatic N) is 1. The van der Waals surface area contributed by atoms with Gasteiger partial charge in [-0.05, 0) is 43.7 Å². The van der Waals surface area contributed by atoms with Crippen molar-refractivity contribution in [3.8, 4) is 0 Å². The number of thiophene rings is 1. The number of hydrogen-bond donors (Lipinski definition) is 1. The average molecular weight is 239 g/mol. The zero-order valence-electron chi connectivity index (χ0n) is 9.93. The molecule has 2 nitrogen and oxygen atoms in total. The Morgan fingerprint density at radius 3 is 2.69 bits per heavy atom. The molecular formula is C13H21NOS. The van der Waals surface area contributed by atoms with E-state index >= 15 is 0 Å². The first-order valence-electron chi connectivity index (χ1n) is 6.24. The maximum atomic E-state index is 9.52. The van der Waals surface area contributed by atoms with Crippen molar-refractivity contribution in [2.75, 3.05) is 6.54 Å². The van der Waals surface area contributed by atoms with Crippen molar-refractivity contribution < 1.29 is 5.11 Å². The summed E-state index contributed by atoms with van der Waals surface area (Å²) in [7, 11) is 0. The fourth-order valence-corrected chi connectivity index (χ4v) is 3.25. The summed E-state index contributed by atoms with van der Waals surface area (Å²) in [5, 5.41) is 11.7. The van der Waals surface area contributed by atoms with Gasteiger partial charge in [-0.3, -0.25) is 4.90 Å². The molecule has 0 spiro atoms. The lowest BCUT2D eigenvalue weighted by molar-refractivity contribution is 0.0732. The van der Waals surface area contributed by atoms with Crippen LogP contribution in [0.25, 0.3) is 0 Å². The number of aliphatic hydroxyl groups is 1. The largest absolute Gasteiger partial charge is 0.393 e. The van der Waals surface area contributed by atoms with Gasteiger partial charge in [-0.1, -0.05) is 13.0 Å². The fraction of sp³-hybridized carbons (Fsp3) is 0.692. The maximum absolute atomic E-state index is 9.52. The van der Waals surface area contributed by atoms with Gasteiger partial charge in [-0.2, -0.15) is 0 Å². The van der Waals surface area contributed by atoms with E-state index in [0.29, 0.717) is 6.04 Å². The normalized spacial score (nSPS) is 26.2. The van der Waals surface area contributed by atoms with Gasteiger partial charge in [-0.25, -0.2) is 0 Å². The van der Waals surface area contributed by atoms with Gasteiger partial charge >= 0.3 is 0 Å². The van der Waals surface area contributed by atoms with Crippen LogP contribution in [0.1, 0.15) is 37.5 Å². The third kappa shape index (κ3) is 3.06. The Kier molecular flexibility index (Phi) is 4.38. The molecule has 0 amide bonds. The van der Waals surface area contributed by atoms with Crippen LogP contribution in [0.2, 0.25) is 0 Å². The second-order valence-corrected chi connectivity index (χ2v) is 5.64. The van der Waals surface area contributed by atoms with Crippen molar-refractivity contribution in [1.29, 1.82) is 0 Å². The van der Waals surface area contributed by atoms with Gasteiger partial charge < -0.3 is 5.11 Å². The molecule has 2 rings (SSSR count). The van der Waals surface area contributed by atoms with Gasteiger partial charge in [0, 0.05) is 17.5 Å². The van der Waals surface area contributed by atoms with E-state index in [1.165, 1.54) is 4.88 Å². The Labute approximate surface area is 102 Å². The summed E-state index contributed by atoms with van der Waals surface area (Å²) >= 11 is 1.84. The number of aliphatic hydroxyl groups excluding tert-OH is 1. The van der Waals surface area contributed by atoms with E-state index in [4.69, 9.17) is 0 Å². The Morgan fingerprint density at radius 2 is 2.12 bits per heavy atom. The topological polar surface area (TPSA) is 23.5 Å². The SMILES string of the molecule is CCN(Cc1cccs1)C1CCC(O)CC1. The Hall–Kier alpha value is -0.380. The number of hydrogen-bond acceptors (Lipinski definition) is 3. The van der Waals surface area contributed by atoms with E-state index < -0.39 is 0 Å². The smallest absolute Gasteiger partial charge is 0.0541 e. The van der Waals surface area contributed by atoms with E-state index in [0.717, 1.165) is 38.8 Å². The van der Waals surface area contributed by atoms with Crippen LogP contribution in [0, 0.1) is 0 Å². The molecule has 0 saturated heterocycles. The lowest BCUT2D eigenvalue weighted by Gasteiger charge is -2.34. The highest BCUT2D eigenvalue weighted by atomic mass is 32.1. The average Bonchev–Trinajstić information content (AvgIpc) is 2.80. The Morgan fingerprint density at radius 1 is 1.38 bits per heavy atom. The van der Waals surface area contributed by atoms with Gasteiger partial charge in [0.05, 0.1) is 6.10 Å². The standard InChI is InChI=1S/C13H21NOS/c1-2-14(10-13-4-3-9-16-13)11-5-7-12(15)8-6-11/h3-4,9,11-12,15H,2,5-8,10H2,1H3. The van der Waals surface area contributed by atoms with Gasteiger partial charge in [0.2, 0.25) is 0 Å². The molecule has 1 N–H and O–H groups in total. The summed E-state index contributed by atoms with van der Waals surface area (Å²) < 4.78 is 0. The first-order chi connectivity index (χ1) is 7.79. The summed E-state index contributed by atoms with van der Waals surface area (Å²) in [4.78, 5) is 4.01. The Bertz CT molecular complexity index is 291. The summed E-state index contributed by atoms with van der Waals surface area (Å²) in [6, 6.07) is 5.01. The van der Waals surface area contributed by atoms with Crippen molar-refractivity contribution in [2.45, 2.75) is 51.3 Å². The molecule has 1 aromatic heterocycles. The van der Waals surface area contributed by atoms with E-state index in [2.05, 4.69) is 29.3 Å². The first-order valence-corrected chi connectivity index (χ1v) is 7.12. The molecule has 0 bridgehead atoms. The second-order valence-electron chi connectivity index (χ2n) is 4.60. The molecule has 1 heterocycles. The van der Waals surface area contributed by atoms with Crippen molar-refractivity contribution >= 4 is 11.3 Å². The fourth-order valence-electron chi connectivity index (χ4n) is 2.53. The molecule has 1 aliphatic rings. The zero-order chi connectivity index (χ0) is 11.4. The summed E-state index contributed by atoms with van der Waals surface area (Å²) in [5.41, 5.74) is 0. The highest BCUT2D eigenvalue weighted by Crippen LogP contribution is 2.25. The van der Waals surface area contributed by atoms with Crippen LogP contribution in [0.3, 0.4) is 0 Å².